The number of nitrogens with zero attached hydrogens (tertiary/aromatic N) is 1. The molecule has 0 N–H and O–H groups in total. The van der Waals surface area contributed by atoms with E-state index >= 15 is 0 Å². The van der Waals surface area contributed by atoms with E-state index in [0.717, 1.165) is 0 Å². The lowest BCUT2D eigenvalue weighted by atomic mass is 10.2. The topological polar surface area (TPSA) is 39.2 Å². The summed E-state index contributed by atoms with van der Waals surface area (Å²) in [5.74, 6) is -0.382. The zero-order valence-electron chi connectivity index (χ0n) is 7.74. The van der Waals surface area contributed by atoms with Crippen LogP contribution < -0.4 is 0 Å². The molecule has 0 amide bonds. The van der Waals surface area contributed by atoms with Gasteiger partial charge in [-0.15, -0.1) is 0 Å². The van der Waals surface area contributed by atoms with Crippen LogP contribution in [0.3, 0.4) is 0 Å². The van der Waals surface area contributed by atoms with Crippen LogP contribution in [0.5, 0.6) is 0 Å². The number of hydrogen-bond donors (Lipinski definition) is 0. The molecule has 1 heterocycles. The highest BCUT2D eigenvalue weighted by molar-refractivity contribution is 6.30. The average Bonchev–Trinajstić information content (AvgIpc) is 2.17. The minimum Gasteiger partial charge on any atom is -0.463 e. The number of ether oxygens (including phenoxy) is 1. The first-order chi connectivity index (χ1) is 6.74. The summed E-state index contributed by atoms with van der Waals surface area (Å²) in [4.78, 5) is 14.8. The lowest BCUT2D eigenvalue weighted by Crippen LogP contribution is -1.98. The van der Waals surface area contributed by atoms with Crippen molar-refractivity contribution in [3.63, 3.8) is 0 Å². The van der Waals surface area contributed by atoms with Crippen LogP contribution in [0.25, 0.3) is 6.08 Å². The lowest BCUT2D eigenvalue weighted by molar-refractivity contribution is -0.137. The zero-order chi connectivity index (χ0) is 10.4. The lowest BCUT2D eigenvalue weighted by Gasteiger charge is -1.96. The number of hydrogen-bond acceptors (Lipinski definition) is 3. The van der Waals surface area contributed by atoms with Crippen LogP contribution >= 0.6 is 11.6 Å². The molecule has 0 radical (unpaired) electrons. The number of aromatic nitrogens is 1. The van der Waals surface area contributed by atoms with Gasteiger partial charge >= 0.3 is 5.97 Å². The molecule has 0 aliphatic heterocycles. The quantitative estimate of drug-likeness (QED) is 0.438. The van der Waals surface area contributed by atoms with Crippen LogP contribution in [0.2, 0.25) is 5.15 Å². The average molecular weight is 212 g/mol. The number of pyridine rings is 1. The second-order valence-electron chi connectivity index (χ2n) is 2.47. The van der Waals surface area contributed by atoms with Gasteiger partial charge in [0.1, 0.15) is 5.15 Å². The highest BCUT2D eigenvalue weighted by atomic mass is 35.5. The van der Waals surface area contributed by atoms with Crippen LogP contribution in [0.4, 0.5) is 0 Å². The Kier molecular flexibility index (Phi) is 4.13. The van der Waals surface area contributed by atoms with E-state index in [1.807, 2.05) is 0 Å². The maximum Gasteiger partial charge on any atom is 0.330 e. The van der Waals surface area contributed by atoms with Crippen LogP contribution in [0.15, 0.2) is 24.4 Å². The Bertz CT molecular complexity index is 350. The van der Waals surface area contributed by atoms with E-state index in [1.54, 1.807) is 31.3 Å². The van der Waals surface area contributed by atoms with E-state index in [9.17, 15) is 4.79 Å². The first-order valence-electron chi connectivity index (χ1n) is 4.19. The van der Waals surface area contributed by atoms with Gasteiger partial charge in [-0.3, -0.25) is 0 Å². The standard InChI is InChI=1S/C10H10ClNO2/c1-2-14-9(13)6-5-8-4-3-7-12-10(8)11/h3-7H,2H2,1H3/b6-5-. The molecule has 0 atom stereocenters. The van der Waals surface area contributed by atoms with Crippen LogP contribution in [0.1, 0.15) is 12.5 Å². The largest absolute Gasteiger partial charge is 0.463 e. The van der Waals surface area contributed by atoms with Crippen molar-refractivity contribution in [2.45, 2.75) is 6.92 Å². The molecule has 74 valence electrons. The summed E-state index contributed by atoms with van der Waals surface area (Å²) in [5, 5.41) is 0.369. The van der Waals surface area contributed by atoms with Gasteiger partial charge < -0.3 is 4.74 Å². The third kappa shape index (κ3) is 3.18. The maximum absolute atomic E-state index is 11.0. The SMILES string of the molecule is CCOC(=O)/C=C\c1cccnc1Cl. The van der Waals surface area contributed by atoms with E-state index in [1.165, 1.54) is 6.08 Å². The maximum atomic E-state index is 11.0. The summed E-state index contributed by atoms with van der Waals surface area (Å²) in [6.45, 7) is 2.12. The third-order valence-electron chi connectivity index (χ3n) is 1.47. The Morgan fingerprint density at radius 3 is 3.14 bits per heavy atom. The molecule has 0 saturated heterocycles. The first-order valence-corrected chi connectivity index (χ1v) is 4.57. The molecule has 0 aliphatic carbocycles. The fraction of sp³-hybridized carbons (Fsp3) is 0.200. The molecule has 1 rings (SSSR count). The van der Waals surface area contributed by atoms with Gasteiger partial charge in [-0.25, -0.2) is 9.78 Å². The molecular formula is C10H10ClNO2. The van der Waals surface area contributed by atoms with Gasteiger partial charge in [-0.1, -0.05) is 17.7 Å². The molecule has 0 spiro atoms. The summed E-state index contributed by atoms with van der Waals surface area (Å²) in [5.41, 5.74) is 0.696. The van der Waals surface area contributed by atoms with Gasteiger partial charge in [0.2, 0.25) is 0 Å². The van der Waals surface area contributed by atoms with Gasteiger partial charge in [0.05, 0.1) is 6.61 Å². The van der Waals surface area contributed by atoms with Crippen molar-refractivity contribution >= 4 is 23.6 Å². The molecule has 0 fully saturated rings. The third-order valence-corrected chi connectivity index (χ3v) is 1.79. The fourth-order valence-electron chi connectivity index (χ4n) is 0.871. The molecule has 4 heteroatoms. The summed E-state index contributed by atoms with van der Waals surface area (Å²) in [6.07, 6.45) is 4.49. The highest BCUT2D eigenvalue weighted by Crippen LogP contribution is 2.12. The van der Waals surface area contributed by atoms with E-state index in [4.69, 9.17) is 16.3 Å². The predicted octanol–water partition coefficient (Wildman–Crippen LogP) is 2.31. The van der Waals surface area contributed by atoms with Crippen LogP contribution in [0, 0.1) is 0 Å². The summed E-state index contributed by atoms with van der Waals surface area (Å²) >= 11 is 5.77. The van der Waals surface area contributed by atoms with E-state index in [-0.39, 0.29) is 5.97 Å². The molecule has 0 aliphatic rings. The molecule has 0 unspecified atom stereocenters. The van der Waals surface area contributed by atoms with Gasteiger partial charge in [-0.2, -0.15) is 0 Å². The molecule has 1 aromatic rings. The first kappa shape index (κ1) is 10.7. The van der Waals surface area contributed by atoms with Crippen molar-refractivity contribution in [3.8, 4) is 0 Å². The second-order valence-corrected chi connectivity index (χ2v) is 2.83. The van der Waals surface area contributed by atoms with Crippen LogP contribution in [-0.2, 0) is 9.53 Å². The number of rotatable bonds is 3. The van der Waals surface area contributed by atoms with Crippen molar-refractivity contribution in [3.05, 3.63) is 35.1 Å². The van der Waals surface area contributed by atoms with Crippen molar-refractivity contribution < 1.29 is 9.53 Å². The second kappa shape index (κ2) is 5.40. The van der Waals surface area contributed by atoms with Crippen molar-refractivity contribution in [2.75, 3.05) is 6.61 Å². The van der Waals surface area contributed by atoms with E-state index in [2.05, 4.69) is 4.98 Å². The molecule has 0 bridgehead atoms. The summed E-state index contributed by atoms with van der Waals surface area (Å²) in [6, 6.07) is 3.52. The molecule has 14 heavy (non-hydrogen) atoms. The summed E-state index contributed by atoms with van der Waals surface area (Å²) in [7, 11) is 0. The molecular weight excluding hydrogens is 202 g/mol. The Morgan fingerprint density at radius 1 is 1.71 bits per heavy atom. The Labute approximate surface area is 87.4 Å². The van der Waals surface area contributed by atoms with Crippen molar-refractivity contribution in [1.82, 2.24) is 4.98 Å². The predicted molar refractivity (Wildman–Crippen MR) is 54.9 cm³/mol. The number of carbonyl (C=O) groups is 1. The number of carbonyl (C=O) groups excluding carboxylic acids is 1. The smallest absolute Gasteiger partial charge is 0.330 e. The van der Waals surface area contributed by atoms with Gasteiger partial charge in [0.15, 0.2) is 0 Å². The van der Waals surface area contributed by atoms with Gasteiger partial charge in [-0.05, 0) is 19.1 Å². The molecule has 3 nitrogen and oxygen atoms in total. The van der Waals surface area contributed by atoms with Crippen LogP contribution in [-0.4, -0.2) is 17.6 Å². The fourth-order valence-corrected chi connectivity index (χ4v) is 1.05. The number of esters is 1. The summed E-state index contributed by atoms with van der Waals surface area (Å²) < 4.78 is 4.71. The molecule has 0 aromatic carbocycles. The van der Waals surface area contributed by atoms with Crippen molar-refractivity contribution in [1.29, 1.82) is 0 Å². The minimum atomic E-state index is -0.382. The van der Waals surface area contributed by atoms with E-state index in [0.29, 0.717) is 17.3 Å². The Hall–Kier alpha value is -1.35. The molecule has 1 aromatic heterocycles. The zero-order valence-corrected chi connectivity index (χ0v) is 8.49. The number of halogens is 1. The molecule has 0 saturated carbocycles. The Balaban J connectivity index is 2.69. The van der Waals surface area contributed by atoms with Gasteiger partial charge in [0, 0.05) is 17.8 Å². The Morgan fingerprint density at radius 2 is 2.50 bits per heavy atom. The normalized spacial score (nSPS) is 10.4. The monoisotopic (exact) mass is 211 g/mol. The minimum absolute atomic E-state index is 0.365. The van der Waals surface area contributed by atoms with Crippen molar-refractivity contribution in [2.24, 2.45) is 0 Å². The highest BCUT2D eigenvalue weighted by Gasteiger charge is 1.97. The van der Waals surface area contributed by atoms with E-state index < -0.39 is 0 Å². The van der Waals surface area contributed by atoms with Gasteiger partial charge in [0.25, 0.3) is 0 Å².